The maximum Gasteiger partial charge on any atom is 0.274 e. The molecule has 2 aromatic carbocycles. The van der Waals surface area contributed by atoms with E-state index in [1.165, 1.54) is 6.42 Å². The van der Waals surface area contributed by atoms with Crippen LogP contribution in [0.1, 0.15) is 43.0 Å². The number of hydroxylamine groups is 1. The van der Waals surface area contributed by atoms with Crippen LogP contribution in [0.3, 0.4) is 0 Å². The third-order valence-electron chi connectivity index (χ3n) is 4.51. The number of carbonyl (C=O) groups is 1. The van der Waals surface area contributed by atoms with Gasteiger partial charge in [0.2, 0.25) is 5.95 Å². The highest BCUT2D eigenvalue weighted by molar-refractivity contribution is 6.42. The second-order valence-electron chi connectivity index (χ2n) is 6.55. The predicted molar refractivity (Wildman–Crippen MR) is 113 cm³/mol. The molecule has 0 saturated carbocycles. The Bertz CT molecular complexity index is 988. The van der Waals surface area contributed by atoms with E-state index in [4.69, 9.17) is 28.4 Å². The first-order valence-corrected chi connectivity index (χ1v) is 9.96. The van der Waals surface area contributed by atoms with Crippen LogP contribution in [0.2, 0.25) is 10.0 Å². The number of benzene rings is 2. The molecule has 0 atom stereocenters. The molecule has 0 bridgehead atoms. The molecule has 3 aromatic rings. The summed E-state index contributed by atoms with van der Waals surface area (Å²) < 4.78 is 2.08. The highest BCUT2D eigenvalue weighted by atomic mass is 35.5. The summed E-state index contributed by atoms with van der Waals surface area (Å²) in [5.74, 6) is 0.0710. The Balaban J connectivity index is 1.95. The Morgan fingerprint density at radius 3 is 2.68 bits per heavy atom. The van der Waals surface area contributed by atoms with Crippen LogP contribution >= 0.6 is 23.2 Å². The molecule has 0 unspecified atom stereocenters. The summed E-state index contributed by atoms with van der Waals surface area (Å²) in [6.07, 6.45) is 4.49. The third-order valence-corrected chi connectivity index (χ3v) is 5.23. The van der Waals surface area contributed by atoms with Gasteiger partial charge in [0.15, 0.2) is 0 Å². The molecule has 0 fully saturated rings. The second kappa shape index (κ2) is 9.28. The van der Waals surface area contributed by atoms with Crippen molar-refractivity contribution in [2.45, 2.75) is 39.2 Å². The molecule has 28 heavy (non-hydrogen) atoms. The monoisotopic (exact) mass is 420 g/mol. The molecule has 1 aromatic heterocycles. The van der Waals surface area contributed by atoms with Crippen LogP contribution in [0.15, 0.2) is 36.4 Å². The van der Waals surface area contributed by atoms with Crippen LogP contribution in [0.5, 0.6) is 0 Å². The Labute approximate surface area is 173 Å². The molecule has 0 spiro atoms. The lowest BCUT2D eigenvalue weighted by Crippen LogP contribution is -2.18. The molecule has 0 aliphatic carbocycles. The molecule has 1 amide bonds. The van der Waals surface area contributed by atoms with E-state index in [-0.39, 0.29) is 0 Å². The van der Waals surface area contributed by atoms with E-state index in [1.54, 1.807) is 29.7 Å². The van der Waals surface area contributed by atoms with Gasteiger partial charge in [0.05, 0.1) is 21.1 Å². The minimum atomic E-state index is -0.574. The molecule has 3 N–H and O–H groups in total. The maximum atomic E-state index is 11.7. The Hall–Kier alpha value is -2.28. The predicted octanol–water partition coefficient (Wildman–Crippen LogP) is 5.79. The summed E-state index contributed by atoms with van der Waals surface area (Å²) in [5.41, 5.74) is 4.31. The van der Waals surface area contributed by atoms with Gasteiger partial charge >= 0.3 is 0 Å². The van der Waals surface area contributed by atoms with Crippen molar-refractivity contribution in [2.75, 3.05) is 5.32 Å². The van der Waals surface area contributed by atoms with E-state index >= 15 is 0 Å². The van der Waals surface area contributed by atoms with Crippen LogP contribution in [-0.2, 0) is 6.54 Å². The molecule has 0 saturated heterocycles. The number of hydrogen-bond acceptors (Lipinski definition) is 4. The molecule has 8 heteroatoms. The summed E-state index contributed by atoms with van der Waals surface area (Å²) in [7, 11) is 0. The summed E-state index contributed by atoms with van der Waals surface area (Å²) in [5, 5.41) is 13.0. The number of nitrogens with one attached hydrogen (secondary N) is 2. The number of amides is 1. The van der Waals surface area contributed by atoms with Crippen LogP contribution in [0.25, 0.3) is 11.0 Å². The largest absolute Gasteiger partial charge is 0.326 e. The average molecular weight is 421 g/mol. The molecule has 0 aliphatic heterocycles. The summed E-state index contributed by atoms with van der Waals surface area (Å²) in [4.78, 5) is 16.3. The van der Waals surface area contributed by atoms with Crippen LogP contribution in [0.4, 0.5) is 11.6 Å². The lowest BCUT2D eigenvalue weighted by molar-refractivity contribution is 0.0706. The first-order chi connectivity index (χ1) is 13.5. The van der Waals surface area contributed by atoms with Crippen LogP contribution in [0, 0.1) is 0 Å². The topological polar surface area (TPSA) is 79.2 Å². The number of aryl methyl sites for hydroxylation is 1. The molecule has 6 nitrogen and oxygen atoms in total. The van der Waals surface area contributed by atoms with E-state index in [0.717, 1.165) is 36.8 Å². The number of hydrogen-bond donors (Lipinski definition) is 3. The smallest absolute Gasteiger partial charge is 0.274 e. The SMILES string of the molecule is CCCCCCn1c(Nc2cccc(C(=O)NO)c2)nc2cc(Cl)c(Cl)cc21. The van der Waals surface area contributed by atoms with Crippen LogP contribution < -0.4 is 10.8 Å². The minimum Gasteiger partial charge on any atom is -0.326 e. The van der Waals surface area contributed by atoms with Crippen molar-refractivity contribution >= 4 is 51.8 Å². The normalized spacial score (nSPS) is 11.0. The number of rotatable bonds is 8. The highest BCUT2D eigenvalue weighted by Crippen LogP contribution is 2.31. The number of imidazole rings is 1. The zero-order valence-corrected chi connectivity index (χ0v) is 17.0. The van der Waals surface area contributed by atoms with E-state index in [2.05, 4.69) is 21.8 Å². The lowest BCUT2D eigenvalue weighted by atomic mass is 10.2. The summed E-state index contributed by atoms with van der Waals surface area (Å²) in [6, 6.07) is 10.4. The zero-order chi connectivity index (χ0) is 20.1. The standard InChI is InChI=1S/C20H22Cl2N4O2/c1-2-3-4-5-9-26-18-12-16(22)15(21)11-17(18)24-20(26)23-14-8-6-7-13(10-14)19(27)25-28/h6-8,10-12,28H,2-5,9H2,1H3,(H,23,24)(H,25,27). The van der Waals surface area contributed by atoms with E-state index in [0.29, 0.717) is 27.2 Å². The Morgan fingerprint density at radius 1 is 1.14 bits per heavy atom. The number of nitrogens with zero attached hydrogens (tertiary/aromatic N) is 2. The number of fused-ring (bicyclic) bond motifs is 1. The quantitative estimate of drug-likeness (QED) is 0.245. The fraction of sp³-hybridized carbons (Fsp3) is 0.300. The van der Waals surface area contributed by atoms with Crippen LogP contribution in [-0.4, -0.2) is 20.7 Å². The van der Waals surface area contributed by atoms with Crippen molar-refractivity contribution < 1.29 is 10.0 Å². The maximum absolute atomic E-state index is 11.7. The average Bonchev–Trinajstić information content (AvgIpc) is 3.01. The lowest BCUT2D eigenvalue weighted by Gasteiger charge is -2.12. The van der Waals surface area contributed by atoms with E-state index in [9.17, 15) is 4.79 Å². The van der Waals surface area contributed by atoms with Gasteiger partial charge in [-0.2, -0.15) is 0 Å². The van der Waals surface area contributed by atoms with Crippen molar-refractivity contribution in [3.63, 3.8) is 0 Å². The summed E-state index contributed by atoms with van der Waals surface area (Å²) in [6.45, 7) is 2.96. The number of carbonyl (C=O) groups excluding carboxylic acids is 1. The Morgan fingerprint density at radius 2 is 1.93 bits per heavy atom. The fourth-order valence-corrected chi connectivity index (χ4v) is 3.39. The van der Waals surface area contributed by atoms with Crippen molar-refractivity contribution in [1.29, 1.82) is 0 Å². The van der Waals surface area contributed by atoms with Gasteiger partial charge < -0.3 is 9.88 Å². The fourth-order valence-electron chi connectivity index (χ4n) is 3.07. The number of unbranched alkanes of at least 4 members (excludes halogenated alkanes) is 3. The van der Waals surface area contributed by atoms with Gasteiger partial charge in [-0.3, -0.25) is 10.0 Å². The summed E-state index contributed by atoms with van der Waals surface area (Å²) >= 11 is 12.4. The molecular formula is C20H22Cl2N4O2. The van der Waals surface area contributed by atoms with Crippen molar-refractivity contribution in [2.24, 2.45) is 0 Å². The van der Waals surface area contributed by atoms with Gasteiger partial charge in [0.1, 0.15) is 0 Å². The number of anilines is 2. The molecular weight excluding hydrogens is 399 g/mol. The van der Waals surface area contributed by atoms with Crippen molar-refractivity contribution in [3.8, 4) is 0 Å². The third kappa shape index (κ3) is 4.58. The van der Waals surface area contributed by atoms with E-state index < -0.39 is 5.91 Å². The van der Waals surface area contributed by atoms with Gasteiger partial charge in [-0.25, -0.2) is 10.5 Å². The molecule has 0 radical (unpaired) electrons. The van der Waals surface area contributed by atoms with Gasteiger partial charge in [-0.15, -0.1) is 0 Å². The molecule has 3 rings (SSSR count). The molecule has 0 aliphatic rings. The Kier molecular flexibility index (Phi) is 6.78. The first-order valence-electron chi connectivity index (χ1n) is 9.20. The highest BCUT2D eigenvalue weighted by Gasteiger charge is 2.14. The van der Waals surface area contributed by atoms with E-state index in [1.807, 2.05) is 12.1 Å². The molecule has 1 heterocycles. The second-order valence-corrected chi connectivity index (χ2v) is 7.36. The van der Waals surface area contributed by atoms with Gasteiger partial charge in [0, 0.05) is 17.8 Å². The number of aromatic nitrogens is 2. The number of halogens is 2. The van der Waals surface area contributed by atoms with Gasteiger partial charge in [-0.1, -0.05) is 55.5 Å². The van der Waals surface area contributed by atoms with Crippen molar-refractivity contribution in [1.82, 2.24) is 15.0 Å². The minimum absolute atomic E-state index is 0.337. The van der Waals surface area contributed by atoms with Crippen molar-refractivity contribution in [3.05, 3.63) is 52.0 Å². The van der Waals surface area contributed by atoms with Gasteiger partial charge in [-0.05, 0) is 36.8 Å². The zero-order valence-electron chi connectivity index (χ0n) is 15.5. The first kappa shape index (κ1) is 20.5. The van der Waals surface area contributed by atoms with Gasteiger partial charge in [0.25, 0.3) is 5.91 Å². The molecule has 148 valence electrons.